The molecule has 1 amide bonds. The van der Waals surface area contributed by atoms with Crippen molar-refractivity contribution in [3.63, 3.8) is 0 Å². The lowest BCUT2D eigenvalue weighted by Gasteiger charge is -2.20. The van der Waals surface area contributed by atoms with Gasteiger partial charge in [-0.1, -0.05) is 0 Å². The Balaban J connectivity index is 3.96. The zero-order chi connectivity index (χ0) is 13.0. The van der Waals surface area contributed by atoms with E-state index in [1.54, 1.807) is 5.32 Å². The molecule has 0 aromatic carbocycles. The molecule has 0 aliphatic rings. The van der Waals surface area contributed by atoms with Gasteiger partial charge < -0.3 is 10.4 Å². The lowest BCUT2D eigenvalue weighted by molar-refractivity contribution is -0.144. The van der Waals surface area contributed by atoms with Gasteiger partial charge in [-0.2, -0.15) is 13.2 Å². The molecule has 0 atom stereocenters. The van der Waals surface area contributed by atoms with Gasteiger partial charge in [-0.3, -0.25) is 14.9 Å². The van der Waals surface area contributed by atoms with E-state index in [1.165, 1.54) is 13.8 Å². The highest BCUT2D eigenvalue weighted by Crippen LogP contribution is 2.11. The minimum absolute atomic E-state index is 0.491. The number of carbonyl (C=O) groups is 2. The number of carbonyl (C=O) groups excluding carboxylic acids is 1. The van der Waals surface area contributed by atoms with Crippen LogP contribution in [0, 0.1) is 0 Å². The summed E-state index contributed by atoms with van der Waals surface area (Å²) in [5, 5.41) is 12.6. The molecule has 5 nitrogen and oxygen atoms in total. The van der Waals surface area contributed by atoms with E-state index >= 15 is 0 Å². The molecule has 0 saturated heterocycles. The van der Waals surface area contributed by atoms with E-state index in [4.69, 9.17) is 5.11 Å². The summed E-state index contributed by atoms with van der Waals surface area (Å²) < 4.78 is 35.1. The maximum atomic E-state index is 11.7. The van der Waals surface area contributed by atoms with Gasteiger partial charge in [-0.05, 0) is 13.8 Å². The number of carboxylic acids is 1. The Morgan fingerprint density at radius 3 is 2.12 bits per heavy atom. The first kappa shape index (κ1) is 14.7. The van der Waals surface area contributed by atoms with Crippen LogP contribution in [0.2, 0.25) is 0 Å². The van der Waals surface area contributed by atoms with Crippen molar-refractivity contribution < 1.29 is 27.9 Å². The lowest BCUT2D eigenvalue weighted by atomic mass is 10.1. The summed E-state index contributed by atoms with van der Waals surface area (Å²) in [6.45, 7) is 0.676. The number of halogens is 3. The van der Waals surface area contributed by atoms with Gasteiger partial charge in [0, 0.05) is 0 Å². The summed E-state index contributed by atoms with van der Waals surface area (Å²) in [5.41, 5.74) is -1.37. The van der Waals surface area contributed by atoms with Gasteiger partial charge in [-0.25, -0.2) is 0 Å². The molecule has 0 aliphatic heterocycles. The van der Waals surface area contributed by atoms with Crippen LogP contribution in [0.15, 0.2) is 0 Å². The van der Waals surface area contributed by atoms with Crippen LogP contribution >= 0.6 is 0 Å². The highest BCUT2D eigenvalue weighted by atomic mass is 19.4. The lowest BCUT2D eigenvalue weighted by Crippen LogP contribution is -2.51. The Morgan fingerprint density at radius 1 is 1.25 bits per heavy atom. The van der Waals surface area contributed by atoms with Gasteiger partial charge >= 0.3 is 12.1 Å². The Kier molecular flexibility index (Phi) is 4.73. The van der Waals surface area contributed by atoms with Gasteiger partial charge in [-0.15, -0.1) is 0 Å². The van der Waals surface area contributed by atoms with E-state index < -0.39 is 36.7 Å². The van der Waals surface area contributed by atoms with Crippen molar-refractivity contribution in [2.75, 3.05) is 13.1 Å². The largest absolute Gasteiger partial charge is 0.480 e. The number of amides is 1. The van der Waals surface area contributed by atoms with Crippen LogP contribution in [-0.2, 0) is 9.59 Å². The summed E-state index contributed by atoms with van der Waals surface area (Å²) in [7, 11) is 0. The monoisotopic (exact) mass is 242 g/mol. The van der Waals surface area contributed by atoms with Crippen molar-refractivity contribution in [3.8, 4) is 0 Å². The molecule has 0 radical (unpaired) electrons. The third-order valence-electron chi connectivity index (χ3n) is 1.71. The summed E-state index contributed by atoms with van der Waals surface area (Å²) in [4.78, 5) is 21.5. The first-order valence-electron chi connectivity index (χ1n) is 4.36. The van der Waals surface area contributed by atoms with Crippen molar-refractivity contribution in [1.29, 1.82) is 0 Å². The smallest absolute Gasteiger partial charge is 0.405 e. The van der Waals surface area contributed by atoms with Crippen LogP contribution in [0.3, 0.4) is 0 Å². The predicted molar refractivity (Wildman–Crippen MR) is 48.8 cm³/mol. The molecule has 0 spiro atoms. The molecule has 0 fully saturated rings. The van der Waals surface area contributed by atoms with Crippen LogP contribution < -0.4 is 10.6 Å². The molecule has 3 N–H and O–H groups in total. The number of carboxylic acid groups (broad SMARTS) is 1. The minimum Gasteiger partial charge on any atom is -0.480 e. The highest BCUT2D eigenvalue weighted by molar-refractivity contribution is 5.81. The molecule has 0 aromatic heterocycles. The average molecular weight is 242 g/mol. The molecular weight excluding hydrogens is 229 g/mol. The van der Waals surface area contributed by atoms with Crippen molar-refractivity contribution >= 4 is 11.9 Å². The normalized spacial score (nSPS) is 12.3. The minimum atomic E-state index is -4.47. The van der Waals surface area contributed by atoms with Gasteiger partial charge in [0.05, 0.1) is 6.54 Å². The van der Waals surface area contributed by atoms with Crippen molar-refractivity contribution in [2.45, 2.75) is 25.6 Å². The second kappa shape index (κ2) is 5.15. The first-order valence-corrected chi connectivity index (χ1v) is 4.36. The van der Waals surface area contributed by atoms with Crippen LogP contribution in [0.5, 0.6) is 0 Å². The Morgan fingerprint density at radius 2 is 1.75 bits per heavy atom. The van der Waals surface area contributed by atoms with E-state index in [0.717, 1.165) is 0 Å². The fraction of sp³-hybridized carbons (Fsp3) is 0.750. The molecule has 8 heteroatoms. The fourth-order valence-electron chi connectivity index (χ4n) is 0.638. The topological polar surface area (TPSA) is 78.4 Å². The predicted octanol–water partition coefficient (Wildman–Crippen LogP) is 0.118. The number of rotatable bonds is 5. The van der Waals surface area contributed by atoms with Gasteiger partial charge in [0.2, 0.25) is 5.91 Å². The van der Waals surface area contributed by atoms with Gasteiger partial charge in [0.15, 0.2) is 0 Å². The van der Waals surface area contributed by atoms with Crippen LogP contribution in [-0.4, -0.2) is 41.8 Å². The van der Waals surface area contributed by atoms with Crippen LogP contribution in [0.1, 0.15) is 13.8 Å². The zero-order valence-corrected chi connectivity index (χ0v) is 8.81. The highest BCUT2D eigenvalue weighted by Gasteiger charge is 2.29. The van der Waals surface area contributed by atoms with Crippen LogP contribution in [0.4, 0.5) is 13.2 Å². The second-order valence-corrected chi connectivity index (χ2v) is 3.68. The van der Waals surface area contributed by atoms with Crippen molar-refractivity contribution in [2.24, 2.45) is 0 Å². The van der Waals surface area contributed by atoms with Crippen molar-refractivity contribution in [1.82, 2.24) is 10.6 Å². The number of alkyl halides is 3. The Bertz CT molecular complexity index is 276. The first-order chi connectivity index (χ1) is 7.04. The second-order valence-electron chi connectivity index (χ2n) is 3.68. The van der Waals surface area contributed by atoms with E-state index in [0.29, 0.717) is 0 Å². The molecule has 0 heterocycles. The zero-order valence-electron chi connectivity index (χ0n) is 8.81. The standard InChI is InChI=1S/C8H13F3N2O3/c1-7(2,6(15)16)13-3-5(14)12-4-8(9,10)11/h13H,3-4H2,1-2H3,(H,12,14)(H,15,16). The summed E-state index contributed by atoms with van der Waals surface area (Å²) in [5.74, 6) is -2.11. The number of hydrogen-bond acceptors (Lipinski definition) is 3. The molecule has 0 aromatic rings. The third-order valence-corrected chi connectivity index (χ3v) is 1.71. The molecule has 0 rings (SSSR count). The maximum Gasteiger partial charge on any atom is 0.405 e. The quantitative estimate of drug-likeness (QED) is 0.639. The molecule has 94 valence electrons. The Hall–Kier alpha value is -1.31. The fourth-order valence-corrected chi connectivity index (χ4v) is 0.638. The molecule has 0 unspecified atom stereocenters. The van der Waals surface area contributed by atoms with E-state index in [-0.39, 0.29) is 0 Å². The van der Waals surface area contributed by atoms with E-state index in [1.807, 2.05) is 0 Å². The molecule has 0 bridgehead atoms. The maximum absolute atomic E-state index is 11.7. The summed E-state index contributed by atoms with van der Waals surface area (Å²) in [6, 6.07) is 0. The number of nitrogens with one attached hydrogen (secondary N) is 2. The average Bonchev–Trinajstić information content (AvgIpc) is 2.10. The summed E-state index contributed by atoms with van der Waals surface area (Å²) >= 11 is 0. The van der Waals surface area contributed by atoms with Crippen molar-refractivity contribution in [3.05, 3.63) is 0 Å². The van der Waals surface area contributed by atoms with E-state index in [9.17, 15) is 22.8 Å². The molecule has 0 saturated carbocycles. The van der Waals surface area contributed by atoms with E-state index in [2.05, 4.69) is 5.32 Å². The third kappa shape index (κ3) is 6.23. The molecular formula is C8H13F3N2O3. The van der Waals surface area contributed by atoms with Crippen LogP contribution in [0.25, 0.3) is 0 Å². The SMILES string of the molecule is CC(C)(NCC(=O)NCC(F)(F)F)C(=O)O. The van der Waals surface area contributed by atoms with Gasteiger partial charge in [0.1, 0.15) is 12.1 Å². The van der Waals surface area contributed by atoms with Gasteiger partial charge in [0.25, 0.3) is 0 Å². The number of hydrogen-bond donors (Lipinski definition) is 3. The molecule has 16 heavy (non-hydrogen) atoms. The molecule has 0 aliphatic carbocycles. The summed E-state index contributed by atoms with van der Waals surface area (Å²) in [6.07, 6.45) is -4.47. The Labute approximate surface area is 90.0 Å². The number of aliphatic carboxylic acids is 1.